The minimum Gasteiger partial charge on any atom is -0.399 e. The first-order valence-electron chi connectivity index (χ1n) is 9.90. The molecule has 0 amide bonds. The van der Waals surface area contributed by atoms with Gasteiger partial charge in [0.25, 0.3) is 0 Å². The second-order valence-electron chi connectivity index (χ2n) is 6.21. The minimum absolute atomic E-state index is 0.565. The minimum atomic E-state index is 0.565. The largest absolute Gasteiger partial charge is 0.399 e. The summed E-state index contributed by atoms with van der Waals surface area (Å²) in [7, 11) is 0. The third-order valence-electron chi connectivity index (χ3n) is 4.29. The molecule has 0 spiro atoms. The number of nitrogens with zero attached hydrogens (tertiary/aromatic N) is 5. The van der Waals surface area contributed by atoms with Gasteiger partial charge in [-0.15, -0.1) is 0 Å². The van der Waals surface area contributed by atoms with Crippen LogP contribution in [0.25, 0.3) is 5.70 Å². The smallest absolute Gasteiger partial charge is 0.239 e. The lowest BCUT2D eigenvalue weighted by molar-refractivity contribution is 0.738. The lowest BCUT2D eigenvalue weighted by Crippen LogP contribution is -2.40. The SMILES string of the molecule is C/C=C\C(=C/CC)C1=NC2=NC=NC3=NC(c4ccc(N)cc4)=CC(=C1)N23.CC. The fourth-order valence-electron chi connectivity index (χ4n) is 3.06. The number of hydrogen-bond acceptors (Lipinski definition) is 6. The number of nitrogen functional groups attached to an aromatic ring is 1. The summed E-state index contributed by atoms with van der Waals surface area (Å²) in [5, 5.41) is 0. The average molecular weight is 387 g/mol. The quantitative estimate of drug-likeness (QED) is 0.586. The molecular formula is C23H26N6. The number of allylic oxidation sites excluding steroid dienone is 6. The normalized spacial score (nSPS) is 17.4. The van der Waals surface area contributed by atoms with Crippen molar-refractivity contribution < 1.29 is 0 Å². The summed E-state index contributed by atoms with van der Waals surface area (Å²) in [5.41, 5.74) is 11.2. The molecule has 4 rings (SSSR count). The van der Waals surface area contributed by atoms with Crippen molar-refractivity contribution in [1.29, 1.82) is 0 Å². The molecule has 2 N–H and O–H groups in total. The van der Waals surface area contributed by atoms with Gasteiger partial charge >= 0.3 is 0 Å². The zero-order valence-electron chi connectivity index (χ0n) is 17.3. The second kappa shape index (κ2) is 9.10. The lowest BCUT2D eigenvalue weighted by Gasteiger charge is -2.31. The molecule has 0 atom stereocenters. The van der Waals surface area contributed by atoms with Gasteiger partial charge in [-0.2, -0.15) is 0 Å². The Labute approximate surface area is 172 Å². The Balaban J connectivity index is 0.00000117. The van der Waals surface area contributed by atoms with Gasteiger partial charge in [-0.3, -0.25) is 0 Å². The first-order valence-corrected chi connectivity index (χ1v) is 9.90. The molecule has 0 aromatic heterocycles. The Kier molecular flexibility index (Phi) is 6.34. The Morgan fingerprint density at radius 2 is 1.83 bits per heavy atom. The zero-order valence-corrected chi connectivity index (χ0v) is 17.3. The molecule has 0 unspecified atom stereocenters. The van der Waals surface area contributed by atoms with E-state index in [-0.39, 0.29) is 0 Å². The fourth-order valence-corrected chi connectivity index (χ4v) is 3.06. The van der Waals surface area contributed by atoms with Crippen molar-refractivity contribution in [1.82, 2.24) is 4.90 Å². The van der Waals surface area contributed by atoms with Crippen molar-refractivity contribution in [2.45, 2.75) is 34.1 Å². The summed E-state index contributed by atoms with van der Waals surface area (Å²) in [5.74, 6) is 1.14. The van der Waals surface area contributed by atoms with E-state index >= 15 is 0 Å². The van der Waals surface area contributed by atoms with Crippen molar-refractivity contribution in [3.8, 4) is 0 Å². The maximum atomic E-state index is 5.81. The summed E-state index contributed by atoms with van der Waals surface area (Å²) in [6, 6.07) is 7.66. The predicted molar refractivity (Wildman–Crippen MR) is 124 cm³/mol. The van der Waals surface area contributed by atoms with Crippen molar-refractivity contribution in [3.63, 3.8) is 0 Å². The third kappa shape index (κ3) is 4.16. The van der Waals surface area contributed by atoms with Crippen LogP contribution < -0.4 is 5.73 Å². The van der Waals surface area contributed by atoms with Crippen molar-refractivity contribution in [3.05, 3.63) is 71.5 Å². The van der Waals surface area contributed by atoms with Crippen LogP contribution in [-0.4, -0.2) is 28.9 Å². The van der Waals surface area contributed by atoms with E-state index < -0.39 is 0 Å². The second-order valence-corrected chi connectivity index (χ2v) is 6.21. The molecular weight excluding hydrogens is 360 g/mol. The van der Waals surface area contributed by atoms with Crippen LogP contribution in [-0.2, 0) is 0 Å². The molecule has 3 aliphatic heterocycles. The van der Waals surface area contributed by atoms with Gasteiger partial charge in [-0.25, -0.2) is 24.9 Å². The van der Waals surface area contributed by atoms with E-state index in [4.69, 9.17) is 10.7 Å². The molecule has 0 radical (unpaired) electrons. The van der Waals surface area contributed by atoms with Crippen LogP contribution in [0.5, 0.6) is 0 Å². The third-order valence-corrected chi connectivity index (χ3v) is 4.29. The van der Waals surface area contributed by atoms with Crippen LogP contribution >= 0.6 is 0 Å². The first-order chi connectivity index (χ1) is 14.2. The molecule has 29 heavy (non-hydrogen) atoms. The van der Waals surface area contributed by atoms with Crippen molar-refractivity contribution in [2.75, 3.05) is 5.73 Å². The highest BCUT2D eigenvalue weighted by Crippen LogP contribution is 2.30. The topological polar surface area (TPSA) is 78.7 Å². The van der Waals surface area contributed by atoms with E-state index in [9.17, 15) is 0 Å². The molecule has 1 aromatic carbocycles. The monoisotopic (exact) mass is 386 g/mol. The molecule has 0 aliphatic carbocycles. The molecule has 148 valence electrons. The summed E-state index contributed by atoms with van der Waals surface area (Å²) in [4.78, 5) is 19.9. The summed E-state index contributed by atoms with van der Waals surface area (Å²) < 4.78 is 0. The van der Waals surface area contributed by atoms with Crippen molar-refractivity contribution >= 4 is 35.4 Å². The standard InChI is InChI=1S/C21H20N6.C2H6/c1-3-5-14(6-4-2)18-11-17-12-19(15-7-9-16(22)10-8-15)26-21-24-13-23-20(25-18)27(17)21;1-2/h3,5-13H,4,22H2,1-2H3;1-2H3/b5-3-,14-6+;. The molecule has 3 heterocycles. The van der Waals surface area contributed by atoms with E-state index in [1.54, 1.807) is 0 Å². The maximum absolute atomic E-state index is 5.81. The van der Waals surface area contributed by atoms with E-state index in [2.05, 4.69) is 34.1 Å². The van der Waals surface area contributed by atoms with Gasteiger partial charge in [0.1, 0.15) is 6.34 Å². The molecule has 1 aromatic rings. The number of hydrogen-bond donors (Lipinski definition) is 1. The Bertz CT molecular complexity index is 1010. The van der Waals surface area contributed by atoms with Gasteiger partial charge in [0.15, 0.2) is 0 Å². The summed E-state index contributed by atoms with van der Waals surface area (Å²) >= 11 is 0. The van der Waals surface area contributed by atoms with Gasteiger partial charge in [0, 0.05) is 11.3 Å². The highest BCUT2D eigenvalue weighted by atomic mass is 15.4. The molecule has 3 aliphatic rings. The van der Waals surface area contributed by atoms with Gasteiger partial charge in [-0.1, -0.05) is 51.1 Å². The Morgan fingerprint density at radius 3 is 2.52 bits per heavy atom. The number of nitrogens with two attached hydrogens (primary N) is 1. The number of guanidine groups is 2. The van der Waals surface area contributed by atoms with Crippen LogP contribution in [0.1, 0.15) is 39.7 Å². The van der Waals surface area contributed by atoms with Gasteiger partial charge in [0.05, 0.1) is 17.1 Å². The number of benzene rings is 1. The van der Waals surface area contributed by atoms with Crippen molar-refractivity contribution in [2.24, 2.45) is 20.0 Å². The Hall–Kier alpha value is -3.54. The molecule has 0 bridgehead atoms. The van der Waals surface area contributed by atoms with Crippen LogP contribution in [0, 0.1) is 0 Å². The van der Waals surface area contributed by atoms with Crippen LogP contribution in [0.15, 0.2) is 85.9 Å². The van der Waals surface area contributed by atoms with Crippen LogP contribution in [0.2, 0.25) is 0 Å². The van der Waals surface area contributed by atoms with Gasteiger partial charge in [0.2, 0.25) is 11.9 Å². The van der Waals surface area contributed by atoms with Gasteiger partial charge in [-0.05, 0) is 43.2 Å². The fraction of sp³-hybridized carbons (Fsp3) is 0.217. The van der Waals surface area contributed by atoms with E-state index in [0.717, 1.165) is 40.4 Å². The summed E-state index contributed by atoms with van der Waals surface area (Å²) in [6.45, 7) is 8.11. The van der Waals surface area contributed by atoms with E-state index in [1.165, 1.54) is 6.34 Å². The van der Waals surface area contributed by atoms with Crippen LogP contribution in [0.3, 0.4) is 0 Å². The highest BCUT2D eigenvalue weighted by molar-refractivity contribution is 6.23. The lowest BCUT2D eigenvalue weighted by atomic mass is 10.0. The van der Waals surface area contributed by atoms with E-state index in [0.29, 0.717) is 11.9 Å². The first kappa shape index (κ1) is 20.2. The molecule has 6 heteroatoms. The number of rotatable bonds is 4. The Morgan fingerprint density at radius 1 is 1.07 bits per heavy atom. The summed E-state index contributed by atoms with van der Waals surface area (Å²) in [6.07, 6.45) is 12.7. The average Bonchev–Trinajstić information content (AvgIpc) is 2.75. The number of anilines is 1. The highest BCUT2D eigenvalue weighted by Gasteiger charge is 2.30. The van der Waals surface area contributed by atoms with E-state index in [1.807, 2.05) is 68.2 Å². The molecule has 0 fully saturated rings. The molecule has 0 saturated carbocycles. The van der Waals surface area contributed by atoms with Gasteiger partial charge < -0.3 is 5.73 Å². The van der Waals surface area contributed by atoms with Crippen LogP contribution in [0.4, 0.5) is 5.69 Å². The molecule has 6 nitrogen and oxygen atoms in total. The predicted octanol–water partition coefficient (Wildman–Crippen LogP) is 4.96. The number of aliphatic imine (C=N–C) groups is 4. The maximum Gasteiger partial charge on any atom is 0.239 e. The zero-order chi connectivity index (χ0) is 20.8. The molecule has 0 saturated heterocycles.